The van der Waals surface area contributed by atoms with Gasteiger partial charge in [-0.15, -0.1) is 0 Å². The highest BCUT2D eigenvalue weighted by molar-refractivity contribution is 5.93. The molecule has 1 amide bonds. The lowest BCUT2D eigenvalue weighted by Gasteiger charge is -2.12. The number of anilines is 1. The maximum atomic E-state index is 12.4. The fourth-order valence-corrected chi connectivity index (χ4v) is 2.70. The highest BCUT2D eigenvalue weighted by Gasteiger charge is 2.14. The Morgan fingerprint density at radius 3 is 2.13 bits per heavy atom. The van der Waals surface area contributed by atoms with Crippen LogP contribution in [-0.2, 0) is 4.79 Å². The smallest absolute Gasteiger partial charge is 0.343 e. The molecule has 160 valence electrons. The van der Waals surface area contributed by atoms with E-state index in [0.29, 0.717) is 34.2 Å². The van der Waals surface area contributed by atoms with Crippen LogP contribution in [0.2, 0.25) is 0 Å². The number of rotatable bonds is 8. The van der Waals surface area contributed by atoms with Gasteiger partial charge in [-0.25, -0.2) is 4.79 Å². The average molecular weight is 421 g/mol. The van der Waals surface area contributed by atoms with Crippen LogP contribution in [-0.4, -0.2) is 32.7 Å². The molecule has 3 aromatic carbocycles. The minimum absolute atomic E-state index is 0.227. The molecule has 0 atom stereocenters. The molecule has 0 aromatic heterocycles. The van der Waals surface area contributed by atoms with E-state index >= 15 is 0 Å². The van der Waals surface area contributed by atoms with Gasteiger partial charge in [-0.1, -0.05) is 17.7 Å². The van der Waals surface area contributed by atoms with Crippen molar-refractivity contribution in [1.82, 2.24) is 0 Å². The molecule has 0 radical (unpaired) electrons. The van der Waals surface area contributed by atoms with Gasteiger partial charge in [0.1, 0.15) is 11.5 Å². The summed E-state index contributed by atoms with van der Waals surface area (Å²) >= 11 is 0. The summed E-state index contributed by atoms with van der Waals surface area (Å²) in [6.45, 7) is 1.72. The fourth-order valence-electron chi connectivity index (χ4n) is 2.70. The minimum atomic E-state index is -0.522. The van der Waals surface area contributed by atoms with Crippen molar-refractivity contribution >= 4 is 17.6 Å². The van der Waals surface area contributed by atoms with Crippen molar-refractivity contribution in [3.63, 3.8) is 0 Å². The van der Waals surface area contributed by atoms with Crippen LogP contribution in [0.25, 0.3) is 0 Å². The molecule has 0 aliphatic rings. The molecule has 1 N–H and O–H groups in total. The van der Waals surface area contributed by atoms with Gasteiger partial charge in [0, 0.05) is 5.69 Å². The van der Waals surface area contributed by atoms with Crippen LogP contribution in [0.4, 0.5) is 5.69 Å². The maximum Gasteiger partial charge on any atom is 0.343 e. The van der Waals surface area contributed by atoms with Gasteiger partial charge in [-0.05, 0) is 61.5 Å². The summed E-state index contributed by atoms with van der Waals surface area (Å²) in [6, 6.07) is 18.7. The average Bonchev–Trinajstić information content (AvgIpc) is 2.79. The molecule has 0 bridgehead atoms. The van der Waals surface area contributed by atoms with Crippen molar-refractivity contribution in [2.24, 2.45) is 0 Å². The summed E-state index contributed by atoms with van der Waals surface area (Å²) in [6.07, 6.45) is 0. The number of aryl methyl sites for hydroxylation is 1. The number of benzene rings is 3. The predicted octanol–water partition coefficient (Wildman–Crippen LogP) is 4.25. The lowest BCUT2D eigenvalue weighted by Crippen LogP contribution is -2.20. The van der Waals surface area contributed by atoms with Crippen molar-refractivity contribution in [2.45, 2.75) is 6.92 Å². The van der Waals surface area contributed by atoms with E-state index in [-0.39, 0.29) is 12.5 Å². The monoisotopic (exact) mass is 421 g/mol. The van der Waals surface area contributed by atoms with E-state index < -0.39 is 5.97 Å². The number of nitrogens with one attached hydrogen (secondary N) is 1. The molecule has 31 heavy (non-hydrogen) atoms. The molecule has 0 saturated carbocycles. The molecular formula is C24H23NO6. The summed E-state index contributed by atoms with van der Waals surface area (Å²) in [5, 5.41) is 2.73. The van der Waals surface area contributed by atoms with Crippen LogP contribution in [0.1, 0.15) is 15.9 Å². The number of amides is 1. The van der Waals surface area contributed by atoms with Crippen molar-refractivity contribution in [1.29, 1.82) is 0 Å². The van der Waals surface area contributed by atoms with E-state index in [9.17, 15) is 9.59 Å². The van der Waals surface area contributed by atoms with Gasteiger partial charge < -0.3 is 24.3 Å². The molecule has 0 fully saturated rings. The quantitative estimate of drug-likeness (QED) is 0.433. The van der Waals surface area contributed by atoms with Crippen LogP contribution in [0.3, 0.4) is 0 Å². The normalized spacial score (nSPS) is 10.2. The second-order valence-electron chi connectivity index (χ2n) is 6.63. The van der Waals surface area contributed by atoms with Crippen LogP contribution < -0.4 is 24.3 Å². The van der Waals surface area contributed by atoms with E-state index in [1.807, 2.05) is 19.1 Å². The summed E-state index contributed by atoms with van der Waals surface area (Å²) < 4.78 is 21.3. The predicted molar refractivity (Wildman–Crippen MR) is 116 cm³/mol. The Morgan fingerprint density at radius 1 is 0.806 bits per heavy atom. The zero-order valence-corrected chi connectivity index (χ0v) is 17.5. The van der Waals surface area contributed by atoms with E-state index in [4.69, 9.17) is 18.9 Å². The first-order chi connectivity index (χ1) is 15.0. The number of carbonyl (C=O) groups excluding carboxylic acids is 2. The lowest BCUT2D eigenvalue weighted by atomic mass is 10.2. The highest BCUT2D eigenvalue weighted by atomic mass is 16.5. The summed E-state index contributed by atoms with van der Waals surface area (Å²) in [5.41, 5.74) is 1.99. The Morgan fingerprint density at radius 2 is 1.48 bits per heavy atom. The molecule has 3 rings (SSSR count). The number of hydrogen-bond donors (Lipinski definition) is 1. The zero-order valence-electron chi connectivity index (χ0n) is 17.5. The van der Waals surface area contributed by atoms with Gasteiger partial charge in [0.15, 0.2) is 18.1 Å². The summed E-state index contributed by atoms with van der Waals surface area (Å²) in [5.74, 6) is 0.931. The van der Waals surface area contributed by atoms with E-state index in [0.717, 1.165) is 5.56 Å². The van der Waals surface area contributed by atoms with Gasteiger partial charge in [0.2, 0.25) is 0 Å². The largest absolute Gasteiger partial charge is 0.497 e. The highest BCUT2D eigenvalue weighted by Crippen LogP contribution is 2.29. The minimum Gasteiger partial charge on any atom is -0.497 e. The molecular weight excluding hydrogens is 398 g/mol. The number of hydrogen-bond acceptors (Lipinski definition) is 6. The SMILES string of the molecule is COc1ccc(NC(=O)COc2ccc(C(=O)Oc3ccc(C)cc3)cc2OC)cc1. The third-order valence-corrected chi connectivity index (χ3v) is 4.36. The number of methoxy groups -OCH3 is 2. The lowest BCUT2D eigenvalue weighted by molar-refractivity contribution is -0.118. The first kappa shape index (κ1) is 21.7. The van der Waals surface area contributed by atoms with Crippen LogP contribution in [0.15, 0.2) is 66.7 Å². The van der Waals surface area contributed by atoms with E-state index in [1.54, 1.807) is 55.6 Å². The van der Waals surface area contributed by atoms with Gasteiger partial charge in [0.25, 0.3) is 5.91 Å². The van der Waals surface area contributed by atoms with Gasteiger partial charge in [0.05, 0.1) is 19.8 Å². The molecule has 7 heteroatoms. The molecule has 7 nitrogen and oxygen atoms in total. The molecule has 0 saturated heterocycles. The zero-order chi connectivity index (χ0) is 22.2. The molecule has 0 aliphatic carbocycles. The Labute approximate surface area is 180 Å². The number of ether oxygens (including phenoxy) is 4. The second-order valence-corrected chi connectivity index (χ2v) is 6.63. The molecule has 0 aliphatic heterocycles. The molecule has 3 aromatic rings. The van der Waals surface area contributed by atoms with Crippen molar-refractivity contribution in [3.05, 3.63) is 77.9 Å². The standard InChI is InChI=1S/C24H23NO6/c1-16-4-9-20(10-5-16)31-24(27)17-6-13-21(22(14-17)29-3)30-15-23(26)25-18-7-11-19(28-2)12-8-18/h4-14H,15H2,1-3H3,(H,25,26). The van der Waals surface area contributed by atoms with E-state index in [1.165, 1.54) is 13.2 Å². The van der Waals surface area contributed by atoms with E-state index in [2.05, 4.69) is 5.32 Å². The van der Waals surface area contributed by atoms with Crippen LogP contribution >= 0.6 is 0 Å². The topological polar surface area (TPSA) is 83.1 Å². The first-order valence-electron chi connectivity index (χ1n) is 9.52. The Kier molecular flexibility index (Phi) is 7.11. The molecule has 0 heterocycles. The molecule has 0 unspecified atom stereocenters. The summed E-state index contributed by atoms with van der Waals surface area (Å²) in [7, 11) is 3.02. The van der Waals surface area contributed by atoms with Gasteiger partial charge >= 0.3 is 5.97 Å². The Bertz CT molecular complexity index is 1040. The maximum absolute atomic E-state index is 12.4. The third kappa shape index (κ3) is 5.99. The summed E-state index contributed by atoms with van der Waals surface area (Å²) in [4.78, 5) is 24.6. The van der Waals surface area contributed by atoms with Crippen molar-refractivity contribution in [3.8, 4) is 23.0 Å². The van der Waals surface area contributed by atoms with Crippen molar-refractivity contribution < 1.29 is 28.5 Å². The Balaban J connectivity index is 1.60. The molecule has 0 spiro atoms. The van der Waals surface area contributed by atoms with Crippen LogP contribution in [0, 0.1) is 6.92 Å². The third-order valence-electron chi connectivity index (χ3n) is 4.36. The van der Waals surface area contributed by atoms with Crippen molar-refractivity contribution in [2.75, 3.05) is 26.1 Å². The van der Waals surface area contributed by atoms with Gasteiger partial charge in [-0.2, -0.15) is 0 Å². The Hall–Kier alpha value is -4.00. The van der Waals surface area contributed by atoms with Gasteiger partial charge in [-0.3, -0.25) is 4.79 Å². The number of esters is 1. The second kappa shape index (κ2) is 10.2. The number of carbonyl (C=O) groups is 2. The fraction of sp³-hybridized carbons (Fsp3) is 0.167. The van der Waals surface area contributed by atoms with Crippen LogP contribution in [0.5, 0.6) is 23.0 Å². The first-order valence-corrected chi connectivity index (χ1v) is 9.52.